The lowest BCUT2D eigenvalue weighted by Gasteiger charge is -2.20. The number of hydrogen-bond acceptors (Lipinski definition) is 2. The molecule has 0 fully saturated rings. The fourth-order valence-electron chi connectivity index (χ4n) is 1.99. The van der Waals surface area contributed by atoms with E-state index in [0.29, 0.717) is 11.5 Å². The molecule has 2 nitrogen and oxygen atoms in total. The van der Waals surface area contributed by atoms with E-state index >= 15 is 0 Å². The first kappa shape index (κ1) is 13.2. The van der Waals surface area contributed by atoms with Gasteiger partial charge in [-0.2, -0.15) is 5.26 Å². The molecule has 0 amide bonds. The molecule has 2 rings (SSSR count). The summed E-state index contributed by atoms with van der Waals surface area (Å²) in [7, 11) is 2.03. The highest BCUT2D eigenvalue weighted by atomic mass is 15.1. The van der Waals surface area contributed by atoms with Crippen molar-refractivity contribution in [1.82, 2.24) is 0 Å². The Kier molecular flexibility index (Phi) is 3.87. The zero-order valence-corrected chi connectivity index (χ0v) is 11.6. The van der Waals surface area contributed by atoms with Gasteiger partial charge in [0.25, 0.3) is 0 Å². The summed E-state index contributed by atoms with van der Waals surface area (Å²) in [5, 5.41) is 8.80. The minimum absolute atomic E-state index is 0.550. The molecule has 96 valence electrons. The molecule has 0 radical (unpaired) electrons. The van der Waals surface area contributed by atoms with Gasteiger partial charge in [0, 0.05) is 18.4 Å². The summed E-state index contributed by atoms with van der Waals surface area (Å²) in [4.78, 5) is 2.12. The topological polar surface area (TPSA) is 27.0 Å². The monoisotopic (exact) mass is 250 g/mol. The van der Waals surface area contributed by atoms with Crippen LogP contribution in [0.2, 0.25) is 0 Å². The molecule has 0 unspecified atom stereocenters. The van der Waals surface area contributed by atoms with Crippen LogP contribution in [0.5, 0.6) is 0 Å². The lowest BCUT2D eigenvalue weighted by Crippen LogP contribution is -2.09. The third-order valence-electron chi connectivity index (χ3n) is 3.33. The minimum Gasteiger partial charge on any atom is -0.345 e. The second-order valence-electron chi connectivity index (χ2n) is 4.96. The van der Waals surface area contributed by atoms with Crippen molar-refractivity contribution in [2.24, 2.45) is 0 Å². The van der Waals surface area contributed by atoms with E-state index in [1.54, 1.807) is 0 Å². The van der Waals surface area contributed by atoms with E-state index in [1.165, 1.54) is 5.56 Å². The van der Waals surface area contributed by atoms with Crippen molar-refractivity contribution in [2.75, 3.05) is 11.9 Å². The van der Waals surface area contributed by atoms with E-state index in [-0.39, 0.29) is 0 Å². The van der Waals surface area contributed by atoms with Crippen molar-refractivity contribution < 1.29 is 0 Å². The van der Waals surface area contributed by atoms with Gasteiger partial charge in [-0.1, -0.05) is 26.0 Å². The standard InChI is InChI=1S/C17H18N2/c1-13(2)15-6-10-17(11-7-15)19(3)16-8-4-14(12-18)5-9-16/h4-11,13H,1-3H3. The number of nitrogens with zero attached hydrogens (tertiary/aromatic N) is 2. The normalized spacial score (nSPS) is 10.3. The van der Waals surface area contributed by atoms with E-state index in [2.05, 4.69) is 49.1 Å². The maximum Gasteiger partial charge on any atom is 0.0991 e. The van der Waals surface area contributed by atoms with Crippen LogP contribution in [0.4, 0.5) is 11.4 Å². The third kappa shape index (κ3) is 2.95. The van der Waals surface area contributed by atoms with Gasteiger partial charge in [-0.25, -0.2) is 0 Å². The molecule has 0 saturated heterocycles. The summed E-state index contributed by atoms with van der Waals surface area (Å²) >= 11 is 0. The number of nitriles is 1. The molecule has 2 heteroatoms. The highest BCUT2D eigenvalue weighted by molar-refractivity contribution is 5.63. The average Bonchev–Trinajstić information content (AvgIpc) is 2.46. The molecule has 0 saturated carbocycles. The summed E-state index contributed by atoms with van der Waals surface area (Å²) in [6.45, 7) is 4.39. The summed E-state index contributed by atoms with van der Waals surface area (Å²) in [6.07, 6.45) is 0. The van der Waals surface area contributed by atoms with Gasteiger partial charge in [0.05, 0.1) is 11.6 Å². The van der Waals surface area contributed by atoms with Gasteiger partial charge in [0.15, 0.2) is 0 Å². The lowest BCUT2D eigenvalue weighted by molar-refractivity contribution is 0.866. The van der Waals surface area contributed by atoms with Crippen LogP contribution < -0.4 is 4.90 Å². The maximum absolute atomic E-state index is 8.80. The van der Waals surface area contributed by atoms with Crippen LogP contribution >= 0.6 is 0 Å². The van der Waals surface area contributed by atoms with Gasteiger partial charge in [-0.3, -0.25) is 0 Å². The number of rotatable bonds is 3. The summed E-state index contributed by atoms with van der Waals surface area (Å²) in [5.41, 5.74) is 4.26. The van der Waals surface area contributed by atoms with Crippen LogP contribution in [-0.2, 0) is 0 Å². The van der Waals surface area contributed by atoms with Crippen molar-refractivity contribution in [3.63, 3.8) is 0 Å². The molecule has 0 aromatic heterocycles. The largest absolute Gasteiger partial charge is 0.345 e. The van der Waals surface area contributed by atoms with Gasteiger partial charge in [0.1, 0.15) is 0 Å². The molecule has 0 aliphatic heterocycles. The van der Waals surface area contributed by atoms with Gasteiger partial charge >= 0.3 is 0 Å². The fraction of sp³-hybridized carbons (Fsp3) is 0.235. The van der Waals surface area contributed by atoms with Gasteiger partial charge in [-0.15, -0.1) is 0 Å². The van der Waals surface area contributed by atoms with E-state index in [9.17, 15) is 0 Å². The Labute approximate surface area is 114 Å². The predicted molar refractivity (Wildman–Crippen MR) is 79.8 cm³/mol. The molecule has 0 spiro atoms. The van der Waals surface area contributed by atoms with Crippen LogP contribution in [0.15, 0.2) is 48.5 Å². The molecule has 0 N–H and O–H groups in total. The molecule has 2 aromatic carbocycles. The van der Waals surface area contributed by atoms with Crippen LogP contribution in [0.25, 0.3) is 0 Å². The van der Waals surface area contributed by atoms with E-state index in [4.69, 9.17) is 5.26 Å². The average molecular weight is 250 g/mol. The SMILES string of the molecule is CC(C)c1ccc(N(C)c2ccc(C#N)cc2)cc1. The fourth-order valence-corrected chi connectivity index (χ4v) is 1.99. The zero-order chi connectivity index (χ0) is 13.8. The van der Waals surface area contributed by atoms with E-state index < -0.39 is 0 Å². The predicted octanol–water partition coefficient (Wildman–Crippen LogP) is 4.45. The zero-order valence-electron chi connectivity index (χ0n) is 11.6. The van der Waals surface area contributed by atoms with Crippen molar-refractivity contribution in [2.45, 2.75) is 19.8 Å². The third-order valence-corrected chi connectivity index (χ3v) is 3.33. The molecule has 0 bridgehead atoms. The summed E-state index contributed by atoms with van der Waals surface area (Å²) in [6, 6.07) is 18.4. The molecule has 0 heterocycles. The molecule has 2 aromatic rings. The smallest absolute Gasteiger partial charge is 0.0991 e. The Hall–Kier alpha value is -2.27. The highest BCUT2D eigenvalue weighted by Gasteiger charge is 2.05. The molecule has 0 atom stereocenters. The second-order valence-corrected chi connectivity index (χ2v) is 4.96. The molecule has 19 heavy (non-hydrogen) atoms. The second kappa shape index (κ2) is 5.58. The molecular formula is C17H18N2. The Morgan fingerprint density at radius 2 is 1.37 bits per heavy atom. The van der Waals surface area contributed by atoms with Gasteiger partial charge < -0.3 is 4.90 Å². The molecular weight excluding hydrogens is 232 g/mol. The first-order valence-corrected chi connectivity index (χ1v) is 6.45. The van der Waals surface area contributed by atoms with Crippen molar-refractivity contribution >= 4 is 11.4 Å². The number of hydrogen-bond donors (Lipinski definition) is 0. The summed E-state index contributed by atoms with van der Waals surface area (Å²) < 4.78 is 0. The van der Waals surface area contributed by atoms with Crippen LogP contribution in [0.3, 0.4) is 0 Å². The summed E-state index contributed by atoms with van der Waals surface area (Å²) in [5.74, 6) is 0.550. The number of anilines is 2. The van der Waals surface area contributed by atoms with Crippen LogP contribution in [-0.4, -0.2) is 7.05 Å². The Morgan fingerprint density at radius 1 is 0.895 bits per heavy atom. The first-order valence-electron chi connectivity index (χ1n) is 6.45. The first-order chi connectivity index (χ1) is 9.11. The van der Waals surface area contributed by atoms with Gasteiger partial charge in [0.2, 0.25) is 0 Å². The van der Waals surface area contributed by atoms with Crippen LogP contribution in [0, 0.1) is 11.3 Å². The highest BCUT2D eigenvalue weighted by Crippen LogP contribution is 2.25. The lowest BCUT2D eigenvalue weighted by atomic mass is 10.0. The Balaban J connectivity index is 2.23. The number of benzene rings is 2. The van der Waals surface area contributed by atoms with Crippen molar-refractivity contribution in [1.29, 1.82) is 5.26 Å². The van der Waals surface area contributed by atoms with E-state index in [1.807, 2.05) is 31.3 Å². The Morgan fingerprint density at radius 3 is 1.79 bits per heavy atom. The minimum atomic E-state index is 0.550. The Bertz CT molecular complexity index is 574. The van der Waals surface area contributed by atoms with E-state index in [0.717, 1.165) is 11.4 Å². The van der Waals surface area contributed by atoms with Crippen molar-refractivity contribution in [3.05, 3.63) is 59.7 Å². The molecule has 0 aliphatic rings. The maximum atomic E-state index is 8.80. The van der Waals surface area contributed by atoms with Crippen molar-refractivity contribution in [3.8, 4) is 6.07 Å². The van der Waals surface area contributed by atoms with Gasteiger partial charge in [-0.05, 0) is 47.9 Å². The molecule has 0 aliphatic carbocycles. The quantitative estimate of drug-likeness (QED) is 0.804. The van der Waals surface area contributed by atoms with Crippen LogP contribution in [0.1, 0.15) is 30.9 Å².